The Kier molecular flexibility index (Phi) is 4.01. The zero-order chi connectivity index (χ0) is 17.2. The summed E-state index contributed by atoms with van der Waals surface area (Å²) in [5.41, 5.74) is 2.51. The molecule has 1 saturated heterocycles. The summed E-state index contributed by atoms with van der Waals surface area (Å²) in [5, 5.41) is 2.91. The molecular weight excluding hydrogens is 318 g/mol. The normalized spacial score (nSPS) is 17.6. The molecule has 0 aromatic carbocycles. The molecule has 8 heteroatoms. The first kappa shape index (κ1) is 15.5. The second kappa shape index (κ2) is 6.46. The highest BCUT2D eigenvalue weighted by atomic mass is 16.2. The molecule has 0 aliphatic carbocycles. The molecule has 0 radical (unpaired) electrons. The third kappa shape index (κ3) is 3.15. The van der Waals surface area contributed by atoms with E-state index in [1.54, 1.807) is 12.5 Å². The quantitative estimate of drug-likeness (QED) is 0.757. The average molecular weight is 337 g/mol. The fraction of sp³-hybridized carbons (Fsp3) is 0.353. The summed E-state index contributed by atoms with van der Waals surface area (Å²) in [4.78, 5) is 34.8. The molecule has 1 fully saturated rings. The first-order valence-electron chi connectivity index (χ1n) is 8.33. The molecule has 4 heterocycles. The van der Waals surface area contributed by atoms with Crippen LogP contribution in [0.4, 0.5) is 11.6 Å². The molecule has 1 aliphatic heterocycles. The molecule has 0 bridgehead atoms. The van der Waals surface area contributed by atoms with E-state index in [0.717, 1.165) is 36.3 Å². The molecule has 1 aliphatic rings. The van der Waals surface area contributed by atoms with Gasteiger partial charge in [0.1, 0.15) is 17.7 Å². The predicted molar refractivity (Wildman–Crippen MR) is 94.2 cm³/mol. The predicted octanol–water partition coefficient (Wildman–Crippen LogP) is 1.91. The van der Waals surface area contributed by atoms with Gasteiger partial charge in [-0.15, -0.1) is 0 Å². The van der Waals surface area contributed by atoms with Crippen molar-refractivity contribution in [3.8, 4) is 0 Å². The number of pyridine rings is 1. The van der Waals surface area contributed by atoms with Gasteiger partial charge in [-0.25, -0.2) is 19.9 Å². The third-order valence-corrected chi connectivity index (χ3v) is 4.46. The minimum atomic E-state index is -0.107. The fourth-order valence-corrected chi connectivity index (χ4v) is 3.15. The van der Waals surface area contributed by atoms with Crippen LogP contribution in [-0.4, -0.2) is 43.9 Å². The summed E-state index contributed by atoms with van der Waals surface area (Å²) in [6, 6.07) is 3.76. The van der Waals surface area contributed by atoms with Crippen LogP contribution < -0.4 is 10.2 Å². The van der Waals surface area contributed by atoms with E-state index in [0.29, 0.717) is 18.0 Å². The Hall–Kier alpha value is -3.03. The van der Waals surface area contributed by atoms with Crippen molar-refractivity contribution in [1.29, 1.82) is 0 Å². The Morgan fingerprint density at radius 1 is 1.28 bits per heavy atom. The first-order valence-corrected chi connectivity index (χ1v) is 8.33. The van der Waals surface area contributed by atoms with Crippen LogP contribution in [0.5, 0.6) is 0 Å². The summed E-state index contributed by atoms with van der Waals surface area (Å²) in [5.74, 6) is 1.28. The smallest absolute Gasteiger partial charge is 0.230 e. The van der Waals surface area contributed by atoms with Gasteiger partial charge < -0.3 is 15.2 Å². The number of hydrogen-bond acceptors (Lipinski definition) is 6. The minimum Gasteiger partial charge on any atom is -0.354 e. The van der Waals surface area contributed by atoms with Crippen molar-refractivity contribution in [2.45, 2.75) is 19.8 Å². The molecule has 4 rings (SSSR count). The maximum absolute atomic E-state index is 12.6. The van der Waals surface area contributed by atoms with Crippen LogP contribution in [0.1, 0.15) is 18.4 Å². The fourth-order valence-electron chi connectivity index (χ4n) is 3.15. The van der Waals surface area contributed by atoms with Crippen LogP contribution in [0.25, 0.3) is 11.2 Å². The number of nitrogens with one attached hydrogen (secondary N) is 2. The highest BCUT2D eigenvalue weighted by molar-refractivity contribution is 5.92. The zero-order valence-electron chi connectivity index (χ0n) is 13.9. The summed E-state index contributed by atoms with van der Waals surface area (Å²) in [6.07, 6.45) is 6.65. The number of carbonyl (C=O) groups excluding carboxylic acids is 1. The first-order chi connectivity index (χ1) is 12.2. The van der Waals surface area contributed by atoms with E-state index in [2.05, 4.69) is 35.1 Å². The lowest BCUT2D eigenvalue weighted by atomic mass is 9.97. The van der Waals surface area contributed by atoms with E-state index in [-0.39, 0.29) is 11.8 Å². The molecule has 0 saturated carbocycles. The van der Waals surface area contributed by atoms with Crippen LogP contribution >= 0.6 is 0 Å². The van der Waals surface area contributed by atoms with Gasteiger partial charge in [-0.1, -0.05) is 6.07 Å². The summed E-state index contributed by atoms with van der Waals surface area (Å²) >= 11 is 0. The van der Waals surface area contributed by atoms with E-state index in [4.69, 9.17) is 0 Å². The third-order valence-electron chi connectivity index (χ3n) is 4.46. The molecule has 3 aromatic rings. The van der Waals surface area contributed by atoms with Crippen molar-refractivity contribution in [3.05, 3.63) is 36.5 Å². The number of hydrogen-bond donors (Lipinski definition) is 2. The maximum Gasteiger partial charge on any atom is 0.230 e. The number of amides is 1. The minimum absolute atomic E-state index is 0.00374. The maximum atomic E-state index is 12.6. The summed E-state index contributed by atoms with van der Waals surface area (Å²) in [6.45, 7) is 3.44. The molecule has 2 N–H and O–H groups in total. The lowest BCUT2D eigenvalue weighted by Gasteiger charge is -2.32. The average Bonchev–Trinajstić information content (AvgIpc) is 3.12. The molecule has 8 nitrogen and oxygen atoms in total. The number of H-pyrrole nitrogens is 1. The Balaban J connectivity index is 1.50. The van der Waals surface area contributed by atoms with E-state index in [1.165, 1.54) is 6.33 Å². The second-order valence-electron chi connectivity index (χ2n) is 6.29. The molecular formula is C17H19N7O. The van der Waals surface area contributed by atoms with Crippen LogP contribution in [0, 0.1) is 12.8 Å². The van der Waals surface area contributed by atoms with E-state index in [1.807, 2.05) is 19.1 Å². The van der Waals surface area contributed by atoms with Crippen LogP contribution in [0.3, 0.4) is 0 Å². The number of imidazole rings is 1. The van der Waals surface area contributed by atoms with E-state index >= 15 is 0 Å². The topological polar surface area (TPSA) is 99.7 Å². The van der Waals surface area contributed by atoms with Gasteiger partial charge in [-0.2, -0.15) is 0 Å². The molecule has 128 valence electrons. The Labute approximate surface area is 144 Å². The van der Waals surface area contributed by atoms with Gasteiger partial charge in [-0.05, 0) is 31.4 Å². The zero-order valence-corrected chi connectivity index (χ0v) is 13.9. The molecule has 25 heavy (non-hydrogen) atoms. The highest BCUT2D eigenvalue weighted by Crippen LogP contribution is 2.26. The van der Waals surface area contributed by atoms with Crippen molar-refractivity contribution < 1.29 is 4.79 Å². The lowest BCUT2D eigenvalue weighted by molar-refractivity contribution is -0.120. The molecule has 3 aromatic heterocycles. The number of anilines is 2. The van der Waals surface area contributed by atoms with Crippen molar-refractivity contribution in [2.75, 3.05) is 23.3 Å². The van der Waals surface area contributed by atoms with E-state index < -0.39 is 0 Å². The number of rotatable bonds is 3. The van der Waals surface area contributed by atoms with Crippen molar-refractivity contribution in [1.82, 2.24) is 24.9 Å². The van der Waals surface area contributed by atoms with Gasteiger partial charge in [-0.3, -0.25) is 4.79 Å². The van der Waals surface area contributed by atoms with Crippen molar-refractivity contribution in [3.63, 3.8) is 0 Å². The molecule has 0 spiro atoms. The van der Waals surface area contributed by atoms with Gasteiger partial charge in [0.15, 0.2) is 11.5 Å². The van der Waals surface area contributed by atoms with Gasteiger partial charge in [0, 0.05) is 19.3 Å². The standard InChI is InChI=1S/C17H19N7O/c1-11-4-5-13(18-7-11)23-17(25)12-3-2-6-24(8-12)16-14-15(20-9-19-14)21-10-22-16/h4-5,7,9-10,12H,2-3,6,8H2,1H3,(H,18,23,25)(H,19,20,21,22). The number of aromatic nitrogens is 5. The molecule has 1 atom stereocenters. The number of piperidine rings is 1. The van der Waals surface area contributed by atoms with Gasteiger partial charge >= 0.3 is 0 Å². The van der Waals surface area contributed by atoms with Crippen molar-refractivity contribution in [2.24, 2.45) is 5.92 Å². The van der Waals surface area contributed by atoms with Crippen LogP contribution in [0.15, 0.2) is 31.0 Å². The van der Waals surface area contributed by atoms with Gasteiger partial charge in [0.05, 0.1) is 12.2 Å². The Morgan fingerprint density at radius 2 is 2.20 bits per heavy atom. The Bertz CT molecular complexity index is 889. The van der Waals surface area contributed by atoms with Crippen molar-refractivity contribution >= 4 is 28.7 Å². The number of aromatic amines is 1. The second-order valence-corrected chi connectivity index (χ2v) is 6.29. The highest BCUT2D eigenvalue weighted by Gasteiger charge is 2.28. The van der Waals surface area contributed by atoms with Gasteiger partial charge in [0.2, 0.25) is 5.91 Å². The SMILES string of the molecule is Cc1ccc(NC(=O)C2CCCN(c3ncnc4nc[nH]c34)C2)nc1. The van der Waals surface area contributed by atoms with Crippen LogP contribution in [-0.2, 0) is 4.79 Å². The lowest BCUT2D eigenvalue weighted by Crippen LogP contribution is -2.41. The number of carbonyl (C=O) groups is 1. The van der Waals surface area contributed by atoms with Gasteiger partial charge in [0.25, 0.3) is 0 Å². The largest absolute Gasteiger partial charge is 0.354 e. The summed E-state index contributed by atoms with van der Waals surface area (Å²) in [7, 11) is 0. The number of nitrogens with zero attached hydrogens (tertiary/aromatic N) is 5. The van der Waals surface area contributed by atoms with Crippen LogP contribution in [0.2, 0.25) is 0 Å². The molecule has 1 unspecified atom stereocenters. The number of aryl methyl sites for hydroxylation is 1. The monoisotopic (exact) mass is 337 g/mol. The van der Waals surface area contributed by atoms with E-state index in [9.17, 15) is 4.79 Å². The molecule has 1 amide bonds. The Morgan fingerprint density at radius 3 is 3.04 bits per heavy atom. The summed E-state index contributed by atoms with van der Waals surface area (Å²) < 4.78 is 0. The number of fused-ring (bicyclic) bond motifs is 1.